The van der Waals surface area contributed by atoms with Crippen LogP contribution in [-0.4, -0.2) is 167 Å². The Morgan fingerprint density at radius 2 is 0.679 bits per heavy atom. The first-order valence-corrected chi connectivity index (χ1v) is 45.1. The number of anilines is 2. The molecule has 3 aliphatic rings. The number of aryl methyl sites for hydroxylation is 2. The van der Waals surface area contributed by atoms with E-state index >= 15 is 0 Å². The Morgan fingerprint density at radius 1 is 0.382 bits per heavy atom. The minimum Gasteiger partial charge on any atom is -0.420 e. The number of thiocarbonyl (C=S) groups is 2. The molecule has 0 unspecified atom stereocenters. The zero-order valence-electron chi connectivity index (χ0n) is 79.8. The number of isothiocyanates is 2. The highest BCUT2D eigenvalue weighted by Crippen LogP contribution is 2.31. The van der Waals surface area contributed by atoms with Crippen molar-refractivity contribution in [3.05, 3.63) is 173 Å². The number of imide groups is 3. The second-order valence-electron chi connectivity index (χ2n) is 38.3. The van der Waals surface area contributed by atoms with Gasteiger partial charge in [-0.25, -0.2) is 23.4 Å². The SMILES string of the molecule is CC(C)(C)CCCCC(=O)ON1C(=O)CCC1=O.CC(C)(C)CCCCC(=O)Oc1c(F)c(F)cc(F)c1F.CC(C)(C)CCOCCOCCOCCNC(=O)c1ccc(N2C(=O)C=CC2=O)cc1.CC(C)(C)CCOCCOCCOCCNC(=O)c1ccc(N=C=S)cc1.CC(C)(C)CCc1ccc(N2C(=O)C=CC2=O)cc1.CC(C)(C)CCc1ccc(N=C=S)cc1. The van der Waals surface area contributed by atoms with Gasteiger partial charge in [-0.15, -0.1) is 5.06 Å². The Balaban J connectivity index is 0.000000412. The number of hydroxylamine groups is 2. The first-order valence-electron chi connectivity index (χ1n) is 44.3. The van der Waals surface area contributed by atoms with Gasteiger partial charge in [0.05, 0.1) is 99.1 Å². The van der Waals surface area contributed by atoms with Crippen molar-refractivity contribution in [2.45, 2.75) is 227 Å². The van der Waals surface area contributed by atoms with E-state index in [4.69, 9.17) is 33.3 Å². The smallest absolute Gasteiger partial charge is 0.333 e. The van der Waals surface area contributed by atoms with E-state index in [9.17, 15) is 65.5 Å². The molecule has 1 fully saturated rings. The van der Waals surface area contributed by atoms with Crippen molar-refractivity contribution in [1.29, 1.82) is 0 Å². The minimum absolute atomic E-state index is 0.0608. The van der Waals surface area contributed by atoms with Gasteiger partial charge in [0.2, 0.25) is 17.4 Å². The van der Waals surface area contributed by atoms with Crippen LogP contribution in [0, 0.1) is 55.8 Å². The van der Waals surface area contributed by atoms with E-state index in [0.717, 1.165) is 81.6 Å². The summed E-state index contributed by atoms with van der Waals surface area (Å²) in [4.78, 5) is 131. The van der Waals surface area contributed by atoms with Gasteiger partial charge < -0.3 is 48.6 Å². The lowest BCUT2D eigenvalue weighted by Gasteiger charge is -2.18. The molecule has 0 bridgehead atoms. The van der Waals surface area contributed by atoms with Gasteiger partial charge in [0.25, 0.3) is 47.3 Å². The van der Waals surface area contributed by atoms with E-state index in [0.29, 0.717) is 141 Å². The summed E-state index contributed by atoms with van der Waals surface area (Å²) in [5.74, 6) is -12.0. The third-order valence-corrected chi connectivity index (χ3v) is 19.3. The van der Waals surface area contributed by atoms with Crippen LogP contribution in [0.4, 0.5) is 40.3 Å². The molecule has 5 aromatic carbocycles. The molecule has 720 valence electrons. The second-order valence-corrected chi connectivity index (χ2v) is 38.7. The summed E-state index contributed by atoms with van der Waals surface area (Å²) in [6.07, 6.45) is 16.7. The molecule has 3 heterocycles. The molecule has 0 aliphatic carbocycles. The number of halogens is 4. The van der Waals surface area contributed by atoms with Crippen molar-refractivity contribution >= 4 is 117 Å². The van der Waals surface area contributed by atoms with Crippen LogP contribution in [0.3, 0.4) is 0 Å². The first kappa shape index (κ1) is 115. The number of rotatable bonds is 42. The number of ether oxygens (including phenoxy) is 7. The van der Waals surface area contributed by atoms with Crippen molar-refractivity contribution in [2.75, 3.05) is 102 Å². The normalized spacial score (nSPS) is 13.1. The van der Waals surface area contributed by atoms with Crippen LogP contribution in [0.1, 0.15) is 246 Å². The molecule has 8 amide bonds. The molecule has 5 aromatic rings. The molecule has 0 radical (unpaired) electrons. The van der Waals surface area contributed by atoms with E-state index in [1.807, 2.05) is 57.2 Å². The lowest BCUT2D eigenvalue weighted by molar-refractivity contribution is -0.197. The molecular weight excluding hydrogens is 1730 g/mol. The standard InChI is InChI=1S/C23H32N2O6.C20H30N2O4S.C16H19NO2.C15H18F4O2.C13H21NO4.C13H17NS/c1-23(2,3)10-12-29-14-16-31-17-15-30-13-11-24-22(28)18-4-6-19(7-5-18)25-20(26)8-9-21(25)27;1-20(2,3)8-10-24-12-14-26-15-13-25-11-9-21-19(23)17-4-6-18(7-5-17)22-16-27;1-16(2,3)11-10-12-4-6-13(7-5-12)17-14(18)8-9-15(17)19;1-15(2,3)7-5-4-6-11(20)21-14-12(18)9(16)8-10(17)13(14)19;1-13(2,3)9-5-4-6-12(17)18-14-10(15)7-8-11(14)16;1-13(2,3)9-8-11-4-6-12(7-5-11)14-10-15/h4-9H,10-17H2,1-3H3,(H,24,28);4-7H,8-15H2,1-3H3,(H,21,23);4-9H,10-11H2,1-3H3;8H,4-7H2,1-3H3;4-9H2,1-3H3;4-7H,8-9H2,1-3H3. The summed E-state index contributed by atoms with van der Waals surface area (Å²) >= 11 is 9.09. The molecule has 31 heteroatoms. The van der Waals surface area contributed by atoms with Crippen LogP contribution >= 0.6 is 24.4 Å². The van der Waals surface area contributed by atoms with Gasteiger partial charge >= 0.3 is 11.9 Å². The van der Waals surface area contributed by atoms with E-state index in [1.165, 1.54) is 46.8 Å². The lowest BCUT2D eigenvalue weighted by atomic mass is 9.89. The Bertz CT molecular complexity index is 4510. The fraction of sp³-hybridized carbons (Fsp3) is 0.540. The van der Waals surface area contributed by atoms with Gasteiger partial charge in [0.15, 0.2) is 11.6 Å². The van der Waals surface area contributed by atoms with Gasteiger partial charge in [-0.05, 0) is 205 Å². The van der Waals surface area contributed by atoms with Crippen molar-refractivity contribution in [3.8, 4) is 5.75 Å². The second kappa shape index (κ2) is 59.5. The molecule has 0 atom stereocenters. The van der Waals surface area contributed by atoms with Crippen LogP contribution in [0.2, 0.25) is 0 Å². The predicted molar refractivity (Wildman–Crippen MR) is 507 cm³/mol. The third kappa shape index (κ3) is 52.1. The number of esters is 1. The number of hydrogen-bond acceptors (Lipinski definition) is 22. The summed E-state index contributed by atoms with van der Waals surface area (Å²) in [6.45, 7) is 46.4. The molecule has 8 rings (SSSR count). The van der Waals surface area contributed by atoms with Crippen LogP contribution < -0.4 is 25.2 Å². The first-order chi connectivity index (χ1) is 61.5. The third-order valence-electron chi connectivity index (χ3n) is 19.1. The van der Waals surface area contributed by atoms with Gasteiger partial charge in [-0.3, -0.25) is 43.2 Å². The maximum absolute atomic E-state index is 13.3. The highest BCUT2D eigenvalue weighted by Gasteiger charge is 2.33. The zero-order valence-corrected chi connectivity index (χ0v) is 81.4. The van der Waals surface area contributed by atoms with Crippen LogP contribution in [0.15, 0.2) is 137 Å². The highest BCUT2D eigenvalue weighted by molar-refractivity contribution is 7.78. The van der Waals surface area contributed by atoms with Gasteiger partial charge in [-0.2, -0.15) is 18.8 Å². The van der Waals surface area contributed by atoms with Crippen molar-refractivity contribution in [2.24, 2.45) is 42.5 Å². The van der Waals surface area contributed by atoms with Crippen LogP contribution in [0.5, 0.6) is 5.75 Å². The van der Waals surface area contributed by atoms with Gasteiger partial charge in [0.1, 0.15) is 0 Å². The van der Waals surface area contributed by atoms with Gasteiger partial charge in [-0.1, -0.05) is 162 Å². The fourth-order valence-corrected chi connectivity index (χ4v) is 11.6. The number of amides is 8. The Kier molecular flexibility index (Phi) is 52.3. The molecular formula is C100H137F4N7O18S2. The van der Waals surface area contributed by atoms with E-state index in [2.05, 4.69) is 176 Å². The number of aliphatic imine (C=N–C) groups is 2. The summed E-state index contributed by atoms with van der Waals surface area (Å²) < 4.78 is 89.6. The average molecular weight is 1870 g/mol. The van der Waals surface area contributed by atoms with Crippen LogP contribution in [0.25, 0.3) is 0 Å². The number of nitrogens with zero attached hydrogens (tertiary/aromatic N) is 5. The van der Waals surface area contributed by atoms with Crippen molar-refractivity contribution in [1.82, 2.24) is 15.7 Å². The number of benzene rings is 5. The fourth-order valence-electron chi connectivity index (χ4n) is 11.4. The van der Waals surface area contributed by atoms with E-state index in [1.54, 1.807) is 48.5 Å². The van der Waals surface area contributed by atoms with Crippen LogP contribution in [-0.2, 0) is 84.5 Å². The quantitative estimate of drug-likeness (QED) is 0.00536. The zero-order chi connectivity index (χ0) is 98.0. The summed E-state index contributed by atoms with van der Waals surface area (Å²) in [6, 6.07) is 29.0. The predicted octanol–water partition coefficient (Wildman–Crippen LogP) is 20.4. The molecule has 2 N–H and O–H groups in total. The molecule has 25 nitrogen and oxygen atoms in total. The number of hydrogen-bond donors (Lipinski definition) is 2. The van der Waals surface area contributed by atoms with Gasteiger partial charge in [0, 0.05) is 93.5 Å². The molecule has 0 saturated carbocycles. The molecule has 131 heavy (non-hydrogen) atoms. The average Bonchev–Trinajstić information content (AvgIpc) is 1.80. The maximum atomic E-state index is 13.3. The number of unbranched alkanes of at least 4 members (excludes halogenated alkanes) is 2. The number of carbonyl (C=O) groups excluding carboxylic acids is 10. The maximum Gasteiger partial charge on any atom is 0.333 e. The Hall–Kier alpha value is -10.0. The molecule has 3 aliphatic heterocycles. The molecule has 0 spiro atoms. The topological polar surface area (TPSA) is 303 Å². The summed E-state index contributed by atoms with van der Waals surface area (Å²) in [5.41, 5.74) is 7.85. The monoisotopic (exact) mass is 1860 g/mol. The summed E-state index contributed by atoms with van der Waals surface area (Å²) in [7, 11) is 0. The van der Waals surface area contributed by atoms with E-state index < -0.39 is 64.6 Å². The minimum atomic E-state index is -1.71. The highest BCUT2D eigenvalue weighted by atomic mass is 32.1. The molecule has 0 aromatic heterocycles. The Morgan fingerprint density at radius 3 is 1.02 bits per heavy atom. The number of nitrogens with one attached hydrogen (secondary N) is 2. The molecule has 1 saturated heterocycles. The largest absolute Gasteiger partial charge is 0.420 e. The lowest BCUT2D eigenvalue weighted by Crippen LogP contribution is -2.31. The van der Waals surface area contributed by atoms with Crippen molar-refractivity contribution < 1.29 is 104 Å². The summed E-state index contributed by atoms with van der Waals surface area (Å²) in [5, 5.41) is 10.8. The Labute approximate surface area is 782 Å². The van der Waals surface area contributed by atoms with Crippen molar-refractivity contribution in [3.63, 3.8) is 0 Å². The number of carbonyl (C=O) groups is 10. The van der Waals surface area contributed by atoms with E-state index in [-0.39, 0.29) is 71.6 Å².